The molecule has 1 saturated heterocycles. The maximum absolute atomic E-state index is 15.5. The number of piperidine rings is 1. The zero-order chi connectivity index (χ0) is 43.9. The first-order chi connectivity index (χ1) is 28.4. The van der Waals surface area contributed by atoms with Gasteiger partial charge in [0.1, 0.15) is 23.4 Å². The number of hydrogen-bond acceptors (Lipinski definition) is 6. The van der Waals surface area contributed by atoms with E-state index in [1.54, 1.807) is 19.1 Å². The van der Waals surface area contributed by atoms with E-state index in [0.717, 1.165) is 22.6 Å². The molecule has 4 aromatic carbocycles. The lowest BCUT2D eigenvalue weighted by molar-refractivity contribution is -0.139. The summed E-state index contributed by atoms with van der Waals surface area (Å²) in [5.74, 6) is -8.80. The van der Waals surface area contributed by atoms with Crippen LogP contribution in [0.3, 0.4) is 0 Å². The van der Waals surface area contributed by atoms with Crippen molar-refractivity contribution in [1.29, 1.82) is 0 Å². The number of anilines is 1. The number of fused-ring (bicyclic) bond motifs is 1. The molecule has 0 saturated carbocycles. The first-order valence-electron chi connectivity index (χ1n) is 20.6. The van der Waals surface area contributed by atoms with Crippen LogP contribution in [0.2, 0.25) is 0 Å². The van der Waals surface area contributed by atoms with Crippen LogP contribution in [-0.4, -0.2) is 72.1 Å². The van der Waals surface area contributed by atoms with E-state index < -0.39 is 54.0 Å². The normalized spacial score (nSPS) is 15.1. The van der Waals surface area contributed by atoms with Gasteiger partial charge in [-0.2, -0.15) is 0 Å². The predicted octanol–water partition coefficient (Wildman–Crippen LogP) is 10.8. The quantitative estimate of drug-likeness (QED) is 0.0639. The first kappa shape index (κ1) is 45.9. The molecule has 13 heteroatoms. The van der Waals surface area contributed by atoms with Crippen molar-refractivity contribution in [3.05, 3.63) is 101 Å². The second-order valence-electron chi connectivity index (χ2n) is 15.5. The number of carbonyl (C=O) groups is 2. The Morgan fingerprint density at radius 3 is 2.10 bits per heavy atom. The van der Waals surface area contributed by atoms with Gasteiger partial charge in [-0.25, -0.2) is 26.7 Å². The number of aliphatic carboxylic acids is 1. The van der Waals surface area contributed by atoms with Gasteiger partial charge in [0, 0.05) is 31.0 Å². The number of allylic oxidation sites excluding steroid dienone is 1. The summed E-state index contributed by atoms with van der Waals surface area (Å²) < 4.78 is 86.2. The summed E-state index contributed by atoms with van der Waals surface area (Å²) in [4.78, 5) is 28.3. The number of halogens is 5. The molecule has 0 aliphatic carbocycles. The summed E-state index contributed by atoms with van der Waals surface area (Å²) in [6, 6.07) is 14.6. The second kappa shape index (κ2) is 19.5. The SMILES string of the molecule is C=C(C)C(F)(F)C1CCN(Cc2cc(OCC)c(-c3cccc4c(C[C@H](NC(=O)c5c(C)cc(N[C@H](CC)C(F)(F)CC)cc5F)C(=O)O)cccc34)c(OCC)c2)CC1. The van der Waals surface area contributed by atoms with E-state index in [2.05, 4.69) is 22.1 Å². The molecule has 60 heavy (non-hydrogen) atoms. The lowest BCUT2D eigenvalue weighted by Gasteiger charge is -2.36. The predicted molar refractivity (Wildman–Crippen MR) is 226 cm³/mol. The monoisotopic (exact) mass is 837 g/mol. The van der Waals surface area contributed by atoms with Crippen LogP contribution in [0.5, 0.6) is 11.5 Å². The van der Waals surface area contributed by atoms with Gasteiger partial charge in [-0.3, -0.25) is 9.69 Å². The Morgan fingerprint density at radius 2 is 1.55 bits per heavy atom. The van der Waals surface area contributed by atoms with Crippen LogP contribution in [0.4, 0.5) is 27.6 Å². The maximum Gasteiger partial charge on any atom is 0.326 e. The number of benzene rings is 4. The number of amides is 1. The molecule has 0 aromatic heterocycles. The third-order valence-corrected chi connectivity index (χ3v) is 11.4. The van der Waals surface area contributed by atoms with E-state index in [1.807, 2.05) is 50.2 Å². The molecule has 0 radical (unpaired) electrons. The van der Waals surface area contributed by atoms with E-state index in [-0.39, 0.29) is 35.2 Å². The van der Waals surface area contributed by atoms with Crippen molar-refractivity contribution < 1.29 is 46.1 Å². The number of carboxylic acids is 1. The highest BCUT2D eigenvalue weighted by atomic mass is 19.3. The number of aryl methyl sites for hydroxylation is 1. The highest BCUT2D eigenvalue weighted by Crippen LogP contribution is 2.44. The summed E-state index contributed by atoms with van der Waals surface area (Å²) in [6.07, 6.45) is 0.239. The summed E-state index contributed by atoms with van der Waals surface area (Å²) in [7, 11) is 0. The maximum atomic E-state index is 15.5. The minimum atomic E-state index is -3.04. The number of hydrogen-bond donors (Lipinski definition) is 3. The summed E-state index contributed by atoms with van der Waals surface area (Å²) >= 11 is 0. The van der Waals surface area contributed by atoms with Crippen molar-refractivity contribution in [2.24, 2.45) is 5.92 Å². The zero-order valence-corrected chi connectivity index (χ0v) is 35.2. The molecule has 1 fully saturated rings. The fourth-order valence-corrected chi connectivity index (χ4v) is 8.09. The van der Waals surface area contributed by atoms with Crippen LogP contribution in [0, 0.1) is 18.7 Å². The number of carbonyl (C=O) groups excluding carboxylic acids is 1. The van der Waals surface area contributed by atoms with Crippen LogP contribution < -0.4 is 20.1 Å². The highest BCUT2D eigenvalue weighted by Gasteiger charge is 2.42. The van der Waals surface area contributed by atoms with Crippen molar-refractivity contribution in [2.45, 2.75) is 104 Å². The van der Waals surface area contributed by atoms with Gasteiger partial charge in [-0.05, 0) is 123 Å². The van der Waals surface area contributed by atoms with Gasteiger partial charge < -0.3 is 25.2 Å². The van der Waals surface area contributed by atoms with Gasteiger partial charge >= 0.3 is 5.97 Å². The fourth-order valence-electron chi connectivity index (χ4n) is 8.09. The lowest BCUT2D eigenvalue weighted by Crippen LogP contribution is -2.43. The smallest absolute Gasteiger partial charge is 0.326 e. The van der Waals surface area contributed by atoms with E-state index in [1.165, 1.54) is 26.8 Å². The first-order valence-corrected chi connectivity index (χ1v) is 20.6. The van der Waals surface area contributed by atoms with Gasteiger partial charge in [0.15, 0.2) is 0 Å². The molecule has 1 heterocycles. The van der Waals surface area contributed by atoms with Crippen molar-refractivity contribution in [1.82, 2.24) is 10.2 Å². The van der Waals surface area contributed by atoms with E-state index in [9.17, 15) is 32.3 Å². The van der Waals surface area contributed by atoms with E-state index >= 15 is 4.39 Å². The van der Waals surface area contributed by atoms with Crippen molar-refractivity contribution in [2.75, 3.05) is 31.6 Å². The molecule has 0 bridgehead atoms. The Bertz CT molecular complexity index is 2140. The number of alkyl halides is 4. The van der Waals surface area contributed by atoms with Crippen molar-refractivity contribution in [3.63, 3.8) is 0 Å². The van der Waals surface area contributed by atoms with Crippen LogP contribution in [0.15, 0.2) is 72.8 Å². The van der Waals surface area contributed by atoms with Crippen LogP contribution in [-0.2, 0) is 17.8 Å². The summed E-state index contributed by atoms with van der Waals surface area (Å²) in [5, 5.41) is 16.9. The number of likely N-dealkylation sites (tertiary alicyclic amines) is 1. The average Bonchev–Trinajstić information content (AvgIpc) is 3.19. The van der Waals surface area contributed by atoms with Crippen molar-refractivity contribution >= 4 is 28.3 Å². The molecule has 1 aliphatic rings. The molecule has 2 atom stereocenters. The molecule has 8 nitrogen and oxygen atoms in total. The van der Waals surface area contributed by atoms with Gasteiger partial charge in [-0.1, -0.05) is 56.8 Å². The molecule has 5 rings (SSSR count). The van der Waals surface area contributed by atoms with E-state index in [4.69, 9.17) is 9.47 Å². The Balaban J connectivity index is 1.42. The molecular formula is C47H56F5N3O5. The number of carboxylic acid groups (broad SMARTS) is 1. The summed E-state index contributed by atoms with van der Waals surface area (Å²) in [5.41, 5.74) is 2.71. The largest absolute Gasteiger partial charge is 0.493 e. The second-order valence-corrected chi connectivity index (χ2v) is 15.5. The van der Waals surface area contributed by atoms with Crippen molar-refractivity contribution in [3.8, 4) is 22.6 Å². The highest BCUT2D eigenvalue weighted by molar-refractivity contribution is 6.02. The fraction of sp³-hybridized carbons (Fsp3) is 0.447. The molecule has 3 N–H and O–H groups in total. The van der Waals surface area contributed by atoms with Crippen LogP contribution in [0.25, 0.3) is 21.9 Å². The third kappa shape index (κ3) is 10.2. The average molecular weight is 838 g/mol. The molecule has 1 aliphatic heterocycles. The van der Waals surface area contributed by atoms with Gasteiger partial charge in [0.2, 0.25) is 0 Å². The zero-order valence-electron chi connectivity index (χ0n) is 35.2. The topological polar surface area (TPSA) is 100 Å². The molecule has 4 aromatic rings. The van der Waals surface area contributed by atoms with Crippen LogP contribution >= 0.6 is 0 Å². The number of rotatable bonds is 19. The molecular weight excluding hydrogens is 782 g/mol. The minimum Gasteiger partial charge on any atom is -0.493 e. The Kier molecular flexibility index (Phi) is 14.9. The number of nitrogens with zero attached hydrogens (tertiary/aromatic N) is 1. The molecule has 0 unspecified atom stereocenters. The Morgan fingerprint density at radius 1 is 0.933 bits per heavy atom. The van der Waals surface area contributed by atoms with Gasteiger partial charge in [-0.15, -0.1) is 0 Å². The number of nitrogens with one attached hydrogen (secondary N) is 2. The molecule has 324 valence electrons. The Hall–Kier alpha value is -5.17. The Labute approximate surface area is 349 Å². The summed E-state index contributed by atoms with van der Waals surface area (Å²) in [6.45, 7) is 15.3. The minimum absolute atomic E-state index is 0.0818. The lowest BCUT2D eigenvalue weighted by atomic mass is 9.87. The third-order valence-electron chi connectivity index (χ3n) is 11.4. The van der Waals surface area contributed by atoms with E-state index in [0.29, 0.717) is 73.7 Å². The molecule has 0 spiro atoms. The van der Waals surface area contributed by atoms with Gasteiger partial charge in [0.25, 0.3) is 17.8 Å². The number of ether oxygens (including phenoxy) is 2. The van der Waals surface area contributed by atoms with Crippen LogP contribution in [0.1, 0.15) is 87.4 Å². The standard InChI is InChI=1S/C47H56F5N3O5/c1-8-41(46(49,50)9-2)53-33-22-29(7)42(37(48)26-33)44(56)54-38(45(57)58)25-31-14-12-16-35-34(31)15-13-17-36(35)43-39(59-10-3)23-30(24-40(43)60-11-4)27-55-20-18-32(19-21-55)47(51,52)28(5)6/h12-17,22-24,26,32,38,41,53H,5,8-11,18-21,25,27H2,1-4,6-7H3,(H,54,56)(H,57,58)/t38-,41+/m0/s1. The molecule has 1 amide bonds. The van der Waals surface area contributed by atoms with Gasteiger partial charge in [0.05, 0.1) is 30.4 Å².